The lowest BCUT2D eigenvalue weighted by Crippen LogP contribution is -2.46. The highest BCUT2D eigenvalue weighted by molar-refractivity contribution is 5.27. The van der Waals surface area contributed by atoms with Crippen LogP contribution in [0.2, 0.25) is 0 Å². The molecule has 0 saturated carbocycles. The van der Waals surface area contributed by atoms with Crippen molar-refractivity contribution in [2.45, 2.75) is 31.9 Å². The number of morpholine rings is 1. The van der Waals surface area contributed by atoms with E-state index in [4.69, 9.17) is 4.74 Å². The molecule has 1 saturated heterocycles. The topological polar surface area (TPSA) is 37.4 Å². The summed E-state index contributed by atoms with van der Waals surface area (Å²) < 4.78 is 5.83. The number of rotatable bonds is 4. The molecule has 4 heteroatoms. The van der Waals surface area contributed by atoms with Crippen molar-refractivity contribution in [3.63, 3.8) is 0 Å². The molecule has 1 aliphatic heterocycles. The molecule has 3 rings (SSSR count). The Morgan fingerprint density at radius 3 is 3.37 bits per heavy atom. The van der Waals surface area contributed by atoms with Crippen molar-refractivity contribution in [2.75, 3.05) is 32.8 Å². The van der Waals surface area contributed by atoms with Gasteiger partial charge in [-0.2, -0.15) is 0 Å². The molecular weight excluding hydrogens is 238 g/mol. The van der Waals surface area contributed by atoms with Gasteiger partial charge in [-0.3, -0.25) is 9.88 Å². The van der Waals surface area contributed by atoms with Crippen LogP contribution in [0.5, 0.6) is 0 Å². The van der Waals surface area contributed by atoms with E-state index in [0.29, 0.717) is 12.1 Å². The molecule has 2 aliphatic rings. The van der Waals surface area contributed by atoms with Crippen LogP contribution in [-0.4, -0.2) is 48.8 Å². The molecule has 0 bridgehead atoms. The summed E-state index contributed by atoms with van der Waals surface area (Å²) in [5.41, 5.74) is 2.64. The molecule has 2 atom stereocenters. The SMILES string of the molecule is CCN1CCOC(CNC2CCc3cccnc32)C1. The molecule has 4 nitrogen and oxygen atoms in total. The van der Waals surface area contributed by atoms with Gasteiger partial charge in [0.2, 0.25) is 0 Å². The number of nitrogens with zero attached hydrogens (tertiary/aromatic N) is 2. The molecule has 1 N–H and O–H groups in total. The average molecular weight is 261 g/mol. The molecule has 1 aliphatic carbocycles. The van der Waals surface area contributed by atoms with Gasteiger partial charge in [0.15, 0.2) is 0 Å². The highest BCUT2D eigenvalue weighted by Gasteiger charge is 2.25. The maximum atomic E-state index is 5.83. The molecule has 0 aromatic carbocycles. The predicted molar refractivity (Wildman–Crippen MR) is 75.2 cm³/mol. The first kappa shape index (κ1) is 13.0. The van der Waals surface area contributed by atoms with Gasteiger partial charge in [0, 0.05) is 25.8 Å². The second-order valence-corrected chi connectivity index (χ2v) is 5.43. The summed E-state index contributed by atoms with van der Waals surface area (Å²) in [5.74, 6) is 0. The maximum Gasteiger partial charge on any atom is 0.0826 e. The second kappa shape index (κ2) is 5.99. The van der Waals surface area contributed by atoms with E-state index in [1.54, 1.807) is 0 Å². The zero-order valence-corrected chi connectivity index (χ0v) is 11.6. The van der Waals surface area contributed by atoms with E-state index in [1.165, 1.54) is 11.3 Å². The van der Waals surface area contributed by atoms with E-state index < -0.39 is 0 Å². The van der Waals surface area contributed by atoms with Crippen LogP contribution in [0, 0.1) is 0 Å². The maximum absolute atomic E-state index is 5.83. The predicted octanol–water partition coefficient (Wildman–Crippen LogP) is 1.38. The van der Waals surface area contributed by atoms with E-state index in [9.17, 15) is 0 Å². The Morgan fingerprint density at radius 2 is 2.47 bits per heavy atom. The van der Waals surface area contributed by atoms with Gasteiger partial charge in [0.25, 0.3) is 0 Å². The number of hydrogen-bond donors (Lipinski definition) is 1. The van der Waals surface area contributed by atoms with Crippen LogP contribution in [0.3, 0.4) is 0 Å². The Morgan fingerprint density at radius 1 is 1.53 bits per heavy atom. The normalized spacial score (nSPS) is 27.4. The molecule has 2 unspecified atom stereocenters. The van der Waals surface area contributed by atoms with Gasteiger partial charge in [-0.25, -0.2) is 0 Å². The Balaban J connectivity index is 1.53. The Hall–Kier alpha value is -0.970. The molecule has 0 radical (unpaired) electrons. The molecular formula is C15H23N3O. The van der Waals surface area contributed by atoms with Crippen LogP contribution >= 0.6 is 0 Å². The molecule has 1 aromatic heterocycles. The molecule has 1 aromatic rings. The third-order valence-corrected chi connectivity index (χ3v) is 4.22. The second-order valence-electron chi connectivity index (χ2n) is 5.43. The summed E-state index contributed by atoms with van der Waals surface area (Å²) >= 11 is 0. The standard InChI is InChI=1S/C15H23N3O/c1-2-18-8-9-19-13(11-18)10-17-14-6-5-12-4-3-7-16-15(12)14/h3-4,7,13-14,17H,2,5-6,8-11H2,1H3. The van der Waals surface area contributed by atoms with Gasteiger partial charge in [-0.05, 0) is 31.0 Å². The van der Waals surface area contributed by atoms with E-state index in [-0.39, 0.29) is 0 Å². The van der Waals surface area contributed by atoms with Crippen molar-refractivity contribution in [2.24, 2.45) is 0 Å². The smallest absolute Gasteiger partial charge is 0.0826 e. The van der Waals surface area contributed by atoms with Crippen molar-refractivity contribution in [3.05, 3.63) is 29.6 Å². The largest absolute Gasteiger partial charge is 0.374 e. The third-order valence-electron chi connectivity index (χ3n) is 4.22. The zero-order valence-electron chi connectivity index (χ0n) is 11.6. The highest BCUT2D eigenvalue weighted by atomic mass is 16.5. The molecule has 2 heterocycles. The van der Waals surface area contributed by atoms with E-state index >= 15 is 0 Å². The van der Waals surface area contributed by atoms with Crippen LogP contribution in [0.4, 0.5) is 0 Å². The van der Waals surface area contributed by atoms with Crippen molar-refractivity contribution >= 4 is 0 Å². The van der Waals surface area contributed by atoms with E-state index in [1.807, 2.05) is 12.3 Å². The summed E-state index contributed by atoms with van der Waals surface area (Å²) in [4.78, 5) is 6.98. The minimum absolute atomic E-state index is 0.321. The number of aryl methyl sites for hydroxylation is 1. The summed E-state index contributed by atoms with van der Waals surface area (Å²) in [6.07, 6.45) is 4.53. The van der Waals surface area contributed by atoms with Gasteiger partial charge in [-0.15, -0.1) is 0 Å². The van der Waals surface area contributed by atoms with Crippen molar-refractivity contribution < 1.29 is 4.74 Å². The van der Waals surface area contributed by atoms with Gasteiger partial charge >= 0.3 is 0 Å². The van der Waals surface area contributed by atoms with Crippen molar-refractivity contribution in [1.82, 2.24) is 15.2 Å². The van der Waals surface area contributed by atoms with E-state index in [2.05, 4.69) is 28.2 Å². The lowest BCUT2D eigenvalue weighted by Gasteiger charge is -2.32. The monoisotopic (exact) mass is 261 g/mol. The Kier molecular flexibility index (Phi) is 4.11. The lowest BCUT2D eigenvalue weighted by molar-refractivity contribution is -0.0264. The third kappa shape index (κ3) is 2.96. The first-order valence-corrected chi connectivity index (χ1v) is 7.38. The van der Waals surface area contributed by atoms with Crippen LogP contribution in [-0.2, 0) is 11.2 Å². The number of hydrogen-bond acceptors (Lipinski definition) is 4. The van der Waals surface area contributed by atoms with Crippen molar-refractivity contribution in [1.29, 1.82) is 0 Å². The number of fused-ring (bicyclic) bond motifs is 1. The van der Waals surface area contributed by atoms with Crippen LogP contribution < -0.4 is 5.32 Å². The zero-order chi connectivity index (χ0) is 13.1. The summed E-state index contributed by atoms with van der Waals surface area (Å²) in [7, 11) is 0. The molecule has 19 heavy (non-hydrogen) atoms. The summed E-state index contributed by atoms with van der Waals surface area (Å²) in [5, 5.41) is 3.64. The van der Waals surface area contributed by atoms with Crippen LogP contribution in [0.25, 0.3) is 0 Å². The number of ether oxygens (including phenoxy) is 1. The summed E-state index contributed by atoms with van der Waals surface area (Å²) in [6, 6.07) is 4.64. The molecule has 104 valence electrons. The highest BCUT2D eigenvalue weighted by Crippen LogP contribution is 2.28. The van der Waals surface area contributed by atoms with Crippen LogP contribution in [0.1, 0.15) is 30.6 Å². The molecule has 0 amide bonds. The number of nitrogens with one attached hydrogen (secondary N) is 1. The van der Waals surface area contributed by atoms with Gasteiger partial charge < -0.3 is 10.1 Å². The Labute approximate surface area is 115 Å². The number of likely N-dealkylation sites (N-methyl/N-ethyl adjacent to an activating group) is 1. The fraction of sp³-hybridized carbons (Fsp3) is 0.667. The lowest BCUT2D eigenvalue weighted by atomic mass is 10.2. The van der Waals surface area contributed by atoms with Gasteiger partial charge in [0.1, 0.15) is 0 Å². The average Bonchev–Trinajstić information content (AvgIpc) is 2.89. The quantitative estimate of drug-likeness (QED) is 0.888. The van der Waals surface area contributed by atoms with Gasteiger partial charge in [-0.1, -0.05) is 13.0 Å². The molecule has 0 spiro atoms. The van der Waals surface area contributed by atoms with Crippen molar-refractivity contribution in [3.8, 4) is 0 Å². The first-order valence-electron chi connectivity index (χ1n) is 7.38. The van der Waals surface area contributed by atoms with E-state index in [0.717, 1.165) is 45.6 Å². The minimum atomic E-state index is 0.321. The number of aromatic nitrogens is 1. The minimum Gasteiger partial charge on any atom is -0.374 e. The first-order chi connectivity index (χ1) is 9.36. The molecule has 1 fully saturated rings. The summed E-state index contributed by atoms with van der Waals surface area (Å²) in [6.45, 7) is 7.24. The fourth-order valence-electron chi connectivity index (χ4n) is 3.08. The van der Waals surface area contributed by atoms with Crippen LogP contribution in [0.15, 0.2) is 18.3 Å². The fourth-order valence-corrected chi connectivity index (χ4v) is 3.08. The Bertz CT molecular complexity index is 424. The number of pyridine rings is 1. The van der Waals surface area contributed by atoms with Gasteiger partial charge in [0.05, 0.1) is 24.4 Å².